The zero-order valence-corrected chi connectivity index (χ0v) is 11.5. The van der Waals surface area contributed by atoms with Crippen LogP contribution in [0.2, 0.25) is 0 Å². The average Bonchev–Trinajstić information content (AvgIpc) is 2.88. The van der Waals surface area contributed by atoms with Gasteiger partial charge in [-0.3, -0.25) is 9.59 Å². The Kier molecular flexibility index (Phi) is 4.52. The van der Waals surface area contributed by atoms with Gasteiger partial charge in [0.1, 0.15) is 0 Å². The van der Waals surface area contributed by atoms with Gasteiger partial charge in [-0.15, -0.1) is 0 Å². The molecule has 2 rings (SSSR count). The van der Waals surface area contributed by atoms with E-state index in [0.29, 0.717) is 29.4 Å². The molecule has 0 amide bonds. The zero-order valence-electron chi connectivity index (χ0n) is 11.5. The van der Waals surface area contributed by atoms with E-state index in [9.17, 15) is 9.59 Å². The number of hydrogen-bond acceptors (Lipinski definition) is 5. The fraction of sp³-hybridized carbons (Fsp3) is 0.429. The number of fused-ring (bicyclic) bond motifs is 1. The number of carbonyl (C=O) groups is 2. The molecule has 114 valence electrons. The minimum Gasteiger partial charge on any atom is -0.490 e. The first-order valence-corrected chi connectivity index (χ1v) is 6.51. The quantitative estimate of drug-likeness (QED) is 0.786. The summed E-state index contributed by atoms with van der Waals surface area (Å²) >= 11 is 0. The maximum Gasteiger partial charge on any atom is 0.307 e. The summed E-state index contributed by atoms with van der Waals surface area (Å²) in [5.41, 5.74) is 0.592. The van der Waals surface area contributed by atoms with Gasteiger partial charge in [0, 0.05) is 0 Å². The molecule has 0 bridgehead atoms. The van der Waals surface area contributed by atoms with Crippen molar-refractivity contribution in [2.75, 3.05) is 13.4 Å². The molecule has 1 aliphatic heterocycles. The van der Waals surface area contributed by atoms with Crippen molar-refractivity contribution in [2.24, 2.45) is 5.92 Å². The Hall–Kier alpha value is -2.44. The molecule has 1 aromatic carbocycles. The van der Waals surface area contributed by atoms with Crippen LogP contribution in [0, 0.1) is 5.92 Å². The molecule has 0 spiro atoms. The largest absolute Gasteiger partial charge is 0.490 e. The normalized spacial score (nSPS) is 13.8. The van der Waals surface area contributed by atoms with Crippen LogP contribution in [0.1, 0.15) is 18.9 Å². The fourth-order valence-corrected chi connectivity index (χ4v) is 2.17. The number of carboxylic acids is 2. The topological polar surface area (TPSA) is 102 Å². The summed E-state index contributed by atoms with van der Waals surface area (Å²) in [4.78, 5) is 21.9. The highest BCUT2D eigenvalue weighted by Crippen LogP contribution is 2.44. The van der Waals surface area contributed by atoms with Gasteiger partial charge < -0.3 is 24.4 Å². The van der Waals surface area contributed by atoms with E-state index in [1.165, 1.54) is 0 Å². The Morgan fingerprint density at radius 1 is 1.33 bits per heavy atom. The van der Waals surface area contributed by atoms with E-state index in [1.807, 2.05) is 0 Å². The van der Waals surface area contributed by atoms with Crippen molar-refractivity contribution < 1.29 is 34.0 Å². The van der Waals surface area contributed by atoms with Gasteiger partial charge in [0.25, 0.3) is 0 Å². The van der Waals surface area contributed by atoms with E-state index in [2.05, 4.69) is 0 Å². The van der Waals surface area contributed by atoms with Crippen LogP contribution in [-0.4, -0.2) is 35.6 Å². The number of aliphatic carboxylic acids is 2. The predicted molar refractivity (Wildman–Crippen MR) is 70.8 cm³/mol. The monoisotopic (exact) mass is 296 g/mol. The highest BCUT2D eigenvalue weighted by atomic mass is 16.7. The lowest BCUT2D eigenvalue weighted by Crippen LogP contribution is -2.20. The Morgan fingerprint density at radius 3 is 2.71 bits per heavy atom. The van der Waals surface area contributed by atoms with Crippen molar-refractivity contribution in [1.29, 1.82) is 0 Å². The molecule has 1 aromatic rings. The summed E-state index contributed by atoms with van der Waals surface area (Å²) < 4.78 is 16.1. The van der Waals surface area contributed by atoms with Crippen LogP contribution >= 0.6 is 0 Å². The highest BCUT2D eigenvalue weighted by molar-refractivity contribution is 5.78. The molecule has 2 N–H and O–H groups in total. The Balaban J connectivity index is 2.30. The average molecular weight is 296 g/mol. The third-order valence-electron chi connectivity index (χ3n) is 3.10. The van der Waals surface area contributed by atoms with Crippen LogP contribution in [0.4, 0.5) is 0 Å². The summed E-state index contributed by atoms with van der Waals surface area (Å²) in [6, 6.07) is 3.34. The second-order valence-electron chi connectivity index (χ2n) is 4.56. The lowest BCUT2D eigenvalue weighted by molar-refractivity contribution is -0.148. The van der Waals surface area contributed by atoms with Crippen molar-refractivity contribution in [3.63, 3.8) is 0 Å². The maximum absolute atomic E-state index is 11.2. The lowest BCUT2D eigenvalue weighted by atomic mass is 9.95. The molecule has 7 heteroatoms. The van der Waals surface area contributed by atoms with Gasteiger partial charge in [-0.05, 0) is 25.0 Å². The van der Waals surface area contributed by atoms with Crippen molar-refractivity contribution >= 4 is 11.9 Å². The van der Waals surface area contributed by atoms with Gasteiger partial charge in [0.05, 0.1) is 18.9 Å². The van der Waals surface area contributed by atoms with Gasteiger partial charge in [0.15, 0.2) is 11.5 Å². The number of rotatable bonds is 7. The third-order valence-corrected chi connectivity index (χ3v) is 3.10. The Labute approximate surface area is 121 Å². The second-order valence-corrected chi connectivity index (χ2v) is 4.56. The number of ether oxygens (including phenoxy) is 3. The summed E-state index contributed by atoms with van der Waals surface area (Å²) in [7, 11) is 0. The SMILES string of the molecule is CCOc1c(CC(CC(=O)O)C(=O)O)ccc2c1OCO2. The molecule has 0 aromatic heterocycles. The molecule has 0 saturated carbocycles. The van der Waals surface area contributed by atoms with E-state index >= 15 is 0 Å². The van der Waals surface area contributed by atoms with Gasteiger partial charge in [-0.2, -0.15) is 0 Å². The molecule has 0 radical (unpaired) electrons. The molecule has 7 nitrogen and oxygen atoms in total. The van der Waals surface area contributed by atoms with Crippen molar-refractivity contribution in [3.8, 4) is 17.2 Å². The van der Waals surface area contributed by atoms with E-state index < -0.39 is 24.3 Å². The van der Waals surface area contributed by atoms with Crippen LogP contribution in [0.5, 0.6) is 17.2 Å². The maximum atomic E-state index is 11.2. The molecule has 0 fully saturated rings. The summed E-state index contributed by atoms with van der Waals surface area (Å²) in [5.74, 6) is -1.94. The van der Waals surface area contributed by atoms with Crippen molar-refractivity contribution in [1.82, 2.24) is 0 Å². The third kappa shape index (κ3) is 3.36. The smallest absolute Gasteiger partial charge is 0.307 e. The zero-order chi connectivity index (χ0) is 15.4. The number of hydrogen-bond donors (Lipinski definition) is 2. The molecular formula is C14H16O7. The van der Waals surface area contributed by atoms with Gasteiger partial charge in [-0.1, -0.05) is 6.07 Å². The Morgan fingerprint density at radius 2 is 2.10 bits per heavy atom. The molecule has 21 heavy (non-hydrogen) atoms. The minimum atomic E-state index is -1.16. The summed E-state index contributed by atoms with van der Waals surface area (Å²) in [6.45, 7) is 2.25. The van der Waals surface area contributed by atoms with Crippen LogP contribution < -0.4 is 14.2 Å². The molecule has 1 aliphatic rings. The predicted octanol–water partition coefficient (Wildman–Crippen LogP) is 1.53. The summed E-state index contributed by atoms with van der Waals surface area (Å²) in [6.07, 6.45) is -0.400. The van der Waals surface area contributed by atoms with Crippen molar-refractivity contribution in [3.05, 3.63) is 17.7 Å². The number of benzene rings is 1. The van der Waals surface area contributed by atoms with Crippen LogP contribution in [0.15, 0.2) is 12.1 Å². The van der Waals surface area contributed by atoms with Gasteiger partial charge in [-0.25, -0.2) is 0 Å². The fourth-order valence-electron chi connectivity index (χ4n) is 2.17. The van der Waals surface area contributed by atoms with Gasteiger partial charge in [0.2, 0.25) is 12.5 Å². The molecule has 0 saturated heterocycles. The minimum absolute atomic E-state index is 0.0492. The second kappa shape index (κ2) is 6.34. The van der Waals surface area contributed by atoms with Crippen LogP contribution in [0.3, 0.4) is 0 Å². The lowest BCUT2D eigenvalue weighted by Gasteiger charge is -2.15. The van der Waals surface area contributed by atoms with E-state index in [-0.39, 0.29) is 13.2 Å². The van der Waals surface area contributed by atoms with Crippen molar-refractivity contribution in [2.45, 2.75) is 19.8 Å². The first-order valence-electron chi connectivity index (χ1n) is 6.51. The van der Waals surface area contributed by atoms with E-state index in [0.717, 1.165) is 0 Å². The molecule has 0 aliphatic carbocycles. The standard InChI is InChI=1S/C14H16O7/c1-2-19-12-8(3-4-10-13(12)21-7-20-10)5-9(14(17)18)6-11(15)16/h3-4,9H,2,5-7H2,1H3,(H,15,16)(H,17,18). The van der Waals surface area contributed by atoms with Crippen LogP contribution in [0.25, 0.3) is 0 Å². The first kappa shape index (κ1) is 15.0. The first-order chi connectivity index (χ1) is 10.0. The molecule has 1 atom stereocenters. The summed E-state index contributed by atoms with van der Waals surface area (Å²) in [5, 5.41) is 17.9. The molecular weight excluding hydrogens is 280 g/mol. The molecule has 1 unspecified atom stereocenters. The van der Waals surface area contributed by atoms with Gasteiger partial charge >= 0.3 is 11.9 Å². The van der Waals surface area contributed by atoms with E-state index in [1.54, 1.807) is 19.1 Å². The highest BCUT2D eigenvalue weighted by Gasteiger charge is 2.27. The van der Waals surface area contributed by atoms with E-state index in [4.69, 9.17) is 24.4 Å². The Bertz CT molecular complexity index is 552. The van der Waals surface area contributed by atoms with Crippen LogP contribution in [-0.2, 0) is 16.0 Å². The molecule has 1 heterocycles. The number of carboxylic acid groups (broad SMARTS) is 2.